The summed E-state index contributed by atoms with van der Waals surface area (Å²) in [5.74, 6) is 0.0653. The predicted molar refractivity (Wildman–Crippen MR) is 123 cm³/mol. The Morgan fingerprint density at radius 1 is 1.33 bits per heavy atom. The zero-order valence-corrected chi connectivity index (χ0v) is 19.3. The van der Waals surface area contributed by atoms with E-state index in [2.05, 4.69) is 31.8 Å². The monoisotopic (exact) mass is 509 g/mol. The molecule has 0 aliphatic carbocycles. The first-order chi connectivity index (χ1) is 14.4. The Kier molecular flexibility index (Phi) is 5.99. The van der Waals surface area contributed by atoms with Gasteiger partial charge in [0.1, 0.15) is 16.3 Å². The molecule has 1 fully saturated rings. The van der Waals surface area contributed by atoms with Crippen LogP contribution < -0.4 is 9.64 Å². The minimum absolute atomic E-state index is 0.0774. The number of amides is 1. The number of anilines is 1. The number of benzene rings is 2. The molecule has 156 valence electrons. The number of carbonyl (C=O) groups excluding carboxylic acids is 1. The number of piperazine rings is 1. The van der Waals surface area contributed by atoms with Crippen molar-refractivity contribution < 1.29 is 13.9 Å². The van der Waals surface area contributed by atoms with Gasteiger partial charge in [0.25, 0.3) is 0 Å². The number of carbonyl (C=O) groups is 1. The van der Waals surface area contributed by atoms with Crippen molar-refractivity contribution in [1.82, 2.24) is 9.27 Å². The van der Waals surface area contributed by atoms with Crippen LogP contribution in [-0.2, 0) is 4.79 Å². The van der Waals surface area contributed by atoms with Gasteiger partial charge in [-0.2, -0.15) is 4.37 Å². The molecule has 4 rings (SSSR count). The molecule has 0 spiro atoms. The van der Waals surface area contributed by atoms with Gasteiger partial charge in [-0.15, -0.1) is 0 Å². The van der Waals surface area contributed by atoms with Gasteiger partial charge in [0, 0.05) is 47.2 Å². The first-order valence-corrected chi connectivity index (χ1v) is 11.2. The number of rotatable bonds is 4. The van der Waals surface area contributed by atoms with Gasteiger partial charge in [0.15, 0.2) is 5.82 Å². The van der Waals surface area contributed by atoms with Gasteiger partial charge in [-0.3, -0.25) is 4.79 Å². The summed E-state index contributed by atoms with van der Waals surface area (Å²) in [4.78, 5) is 15.7. The van der Waals surface area contributed by atoms with Crippen molar-refractivity contribution >= 4 is 60.9 Å². The molecule has 1 saturated heterocycles. The highest BCUT2D eigenvalue weighted by Gasteiger charge is 2.26. The maximum atomic E-state index is 15.5. The van der Waals surface area contributed by atoms with E-state index in [-0.39, 0.29) is 17.0 Å². The van der Waals surface area contributed by atoms with E-state index in [0.717, 1.165) is 5.00 Å². The largest absolute Gasteiger partial charge is 0.497 e. The molecular formula is C21H18BrClFN3O2S. The van der Waals surface area contributed by atoms with E-state index in [0.29, 0.717) is 52.4 Å². The number of fused-ring (bicyclic) bond motifs is 1. The molecule has 0 N–H and O–H groups in total. The summed E-state index contributed by atoms with van der Waals surface area (Å²) in [5, 5.41) is 1.83. The third kappa shape index (κ3) is 3.68. The first kappa shape index (κ1) is 21.1. The number of methoxy groups -OCH3 is 1. The number of hydrogen-bond acceptors (Lipinski definition) is 5. The Morgan fingerprint density at radius 3 is 2.73 bits per heavy atom. The number of hydrogen-bond donors (Lipinski definition) is 0. The van der Waals surface area contributed by atoms with Crippen molar-refractivity contribution in [3.8, 4) is 16.9 Å². The number of halogens is 3. The van der Waals surface area contributed by atoms with E-state index in [1.54, 1.807) is 36.3 Å². The van der Waals surface area contributed by atoms with Crippen molar-refractivity contribution in [3.05, 3.63) is 52.2 Å². The van der Waals surface area contributed by atoms with Gasteiger partial charge in [0.05, 0.1) is 12.1 Å². The second kappa shape index (κ2) is 8.53. The van der Waals surface area contributed by atoms with Crippen LogP contribution in [0.25, 0.3) is 22.0 Å². The quantitative estimate of drug-likeness (QED) is 0.443. The summed E-state index contributed by atoms with van der Waals surface area (Å²) in [6.45, 7) is 5.97. The van der Waals surface area contributed by atoms with Crippen LogP contribution in [0.2, 0.25) is 5.02 Å². The first-order valence-electron chi connectivity index (χ1n) is 9.22. The molecule has 1 aliphatic heterocycles. The van der Waals surface area contributed by atoms with Crippen LogP contribution in [0.1, 0.15) is 0 Å². The SMILES string of the molecule is C=CC(=O)N1CCN(c2snc3c(F)c(-c4cc(OC)ccc4Br)c(Cl)cc23)CC1. The highest BCUT2D eigenvalue weighted by atomic mass is 79.9. The summed E-state index contributed by atoms with van der Waals surface area (Å²) in [6.07, 6.45) is 1.32. The maximum absolute atomic E-state index is 15.5. The average Bonchev–Trinajstić information content (AvgIpc) is 3.18. The van der Waals surface area contributed by atoms with E-state index in [4.69, 9.17) is 16.3 Å². The van der Waals surface area contributed by atoms with Crippen LogP contribution in [-0.4, -0.2) is 48.5 Å². The lowest BCUT2D eigenvalue weighted by Crippen LogP contribution is -2.48. The van der Waals surface area contributed by atoms with Gasteiger partial charge in [0.2, 0.25) is 5.91 Å². The lowest BCUT2D eigenvalue weighted by atomic mass is 10.0. The standard InChI is InChI=1S/C21H18BrClFN3O2S/c1-3-17(28)26-6-8-27(9-7-26)21-14-11-16(23)18(19(24)20(14)25-30-21)13-10-12(29-2)4-5-15(13)22/h3-5,10-11H,1,6-9H2,2H3. The van der Waals surface area contributed by atoms with E-state index in [1.807, 2.05) is 0 Å². The van der Waals surface area contributed by atoms with Crippen molar-refractivity contribution in [2.75, 3.05) is 38.2 Å². The lowest BCUT2D eigenvalue weighted by Gasteiger charge is -2.34. The maximum Gasteiger partial charge on any atom is 0.246 e. The third-order valence-corrected chi connectivity index (χ3v) is 7.06. The summed E-state index contributed by atoms with van der Waals surface area (Å²) < 4.78 is 25.9. The molecule has 3 aromatic rings. The van der Waals surface area contributed by atoms with Crippen LogP contribution in [0.15, 0.2) is 41.4 Å². The number of nitrogens with zero attached hydrogens (tertiary/aromatic N) is 3. The van der Waals surface area contributed by atoms with E-state index in [9.17, 15) is 4.79 Å². The summed E-state index contributed by atoms with van der Waals surface area (Å²) in [5.41, 5.74) is 1.17. The van der Waals surface area contributed by atoms with Crippen LogP contribution in [0.4, 0.5) is 9.39 Å². The van der Waals surface area contributed by atoms with Gasteiger partial charge in [-0.25, -0.2) is 4.39 Å². The highest BCUT2D eigenvalue weighted by molar-refractivity contribution is 9.10. The van der Waals surface area contributed by atoms with Gasteiger partial charge >= 0.3 is 0 Å². The Hall–Kier alpha value is -2.16. The normalized spacial score (nSPS) is 14.3. The van der Waals surface area contributed by atoms with Crippen molar-refractivity contribution in [1.29, 1.82) is 0 Å². The predicted octanol–water partition coefficient (Wildman–Crippen LogP) is 5.36. The zero-order valence-electron chi connectivity index (χ0n) is 16.1. The minimum atomic E-state index is -0.463. The van der Waals surface area contributed by atoms with Crippen LogP contribution in [0.5, 0.6) is 5.75 Å². The molecule has 2 heterocycles. The molecular weight excluding hydrogens is 493 g/mol. The fourth-order valence-electron chi connectivity index (χ4n) is 3.56. The van der Waals surface area contributed by atoms with Crippen LogP contribution in [0.3, 0.4) is 0 Å². The zero-order chi connectivity index (χ0) is 21.4. The molecule has 1 aromatic heterocycles. The molecule has 9 heteroatoms. The Balaban J connectivity index is 1.73. The summed E-state index contributed by atoms with van der Waals surface area (Å²) in [7, 11) is 1.56. The molecule has 1 amide bonds. The molecule has 0 unspecified atom stereocenters. The molecule has 30 heavy (non-hydrogen) atoms. The topological polar surface area (TPSA) is 45.7 Å². The molecule has 5 nitrogen and oxygen atoms in total. The Morgan fingerprint density at radius 2 is 2.07 bits per heavy atom. The summed E-state index contributed by atoms with van der Waals surface area (Å²) >= 11 is 11.3. The van der Waals surface area contributed by atoms with Crippen molar-refractivity contribution in [2.24, 2.45) is 0 Å². The molecule has 1 aliphatic rings. The highest BCUT2D eigenvalue weighted by Crippen LogP contribution is 2.43. The molecule has 0 atom stereocenters. The molecule has 0 radical (unpaired) electrons. The fraction of sp³-hybridized carbons (Fsp3) is 0.238. The second-order valence-corrected chi connectivity index (χ2v) is 8.81. The molecule has 0 saturated carbocycles. The Bertz CT molecular complexity index is 1140. The second-order valence-electron chi connectivity index (χ2n) is 6.79. The number of aromatic nitrogens is 1. The van der Waals surface area contributed by atoms with Crippen LogP contribution in [0, 0.1) is 5.82 Å². The van der Waals surface area contributed by atoms with Gasteiger partial charge in [-0.1, -0.05) is 34.1 Å². The molecule has 2 aromatic carbocycles. The third-order valence-electron chi connectivity index (χ3n) is 5.14. The molecule has 0 bridgehead atoms. The fourth-order valence-corrected chi connectivity index (χ4v) is 5.20. The van der Waals surface area contributed by atoms with E-state index >= 15 is 4.39 Å². The van der Waals surface area contributed by atoms with Crippen molar-refractivity contribution in [3.63, 3.8) is 0 Å². The van der Waals surface area contributed by atoms with Gasteiger partial charge in [-0.05, 0) is 41.9 Å². The summed E-state index contributed by atoms with van der Waals surface area (Å²) in [6, 6.07) is 7.09. The van der Waals surface area contributed by atoms with E-state index in [1.165, 1.54) is 17.6 Å². The smallest absolute Gasteiger partial charge is 0.246 e. The number of ether oxygens (including phenoxy) is 1. The van der Waals surface area contributed by atoms with Crippen molar-refractivity contribution in [2.45, 2.75) is 0 Å². The average molecular weight is 511 g/mol. The van der Waals surface area contributed by atoms with Crippen LogP contribution >= 0.6 is 39.1 Å². The van der Waals surface area contributed by atoms with Gasteiger partial charge < -0.3 is 14.5 Å². The van der Waals surface area contributed by atoms with E-state index < -0.39 is 5.82 Å². The Labute approximate surface area is 191 Å². The lowest BCUT2D eigenvalue weighted by molar-refractivity contribution is -0.126. The minimum Gasteiger partial charge on any atom is -0.497 e.